The molecule has 127 heavy (non-hydrogen) atoms. The first-order valence-corrected chi connectivity index (χ1v) is 49.9. The number of carbonyl (C=O) groups is 3. The highest BCUT2D eigenvalue weighted by Gasteiger charge is 2.39. The molecule has 2 unspecified atom stereocenters. The zero-order chi connectivity index (χ0) is 89.8. The predicted octanol–water partition coefficient (Wildman–Crippen LogP) is 15.2. The van der Waals surface area contributed by atoms with Gasteiger partial charge < -0.3 is 48.9 Å². The topological polar surface area (TPSA) is 362 Å². The van der Waals surface area contributed by atoms with E-state index in [-0.39, 0.29) is 85.1 Å². The monoisotopic (exact) mass is 1900 g/mol. The van der Waals surface area contributed by atoms with Gasteiger partial charge in [0, 0.05) is 178 Å². The number of nitrogens with one attached hydrogen (secondary N) is 4. The van der Waals surface area contributed by atoms with E-state index in [0.717, 1.165) is 102 Å². The first-order valence-electron chi connectivity index (χ1n) is 40.6. The number of carbonyl (C=O) groups excluding carboxylic acids is 3. The Morgan fingerprint density at radius 3 is 1.54 bits per heavy atom. The molecule has 0 bridgehead atoms. The van der Waals surface area contributed by atoms with E-state index in [0.29, 0.717) is 97.7 Å². The van der Waals surface area contributed by atoms with Crippen molar-refractivity contribution in [1.82, 2.24) is 34.3 Å². The van der Waals surface area contributed by atoms with Crippen LogP contribution >= 0.6 is 57.2 Å². The Balaban J connectivity index is 0.000000196. The van der Waals surface area contributed by atoms with Crippen LogP contribution in [0, 0.1) is 17.1 Å². The number of sulfonamides is 4. The van der Waals surface area contributed by atoms with Gasteiger partial charge in [0.05, 0.1) is 42.7 Å². The molecule has 7 aromatic carbocycles. The molecule has 0 saturated carbocycles. The van der Waals surface area contributed by atoms with Gasteiger partial charge in [-0.3, -0.25) is 33.3 Å². The van der Waals surface area contributed by atoms with Crippen molar-refractivity contribution >= 4 is 181 Å². The third-order valence-electron chi connectivity index (χ3n) is 22.3. The molecule has 5 aliphatic heterocycles. The van der Waals surface area contributed by atoms with Crippen molar-refractivity contribution in [3.63, 3.8) is 0 Å². The molecule has 5 N–H and O–H groups in total. The lowest BCUT2D eigenvalue weighted by Gasteiger charge is -2.37. The number of aromatic nitrogens is 5. The van der Waals surface area contributed by atoms with Crippen LogP contribution in [0.2, 0.25) is 10.0 Å². The summed E-state index contributed by atoms with van der Waals surface area (Å²) >= 11 is 15.9. The molecule has 12 aromatic rings. The molecular formula is C87H101Cl2FN18O12S7. The van der Waals surface area contributed by atoms with Crippen molar-refractivity contribution in [2.24, 2.45) is 0 Å². The van der Waals surface area contributed by atoms with Gasteiger partial charge in [-0.05, 0) is 226 Å². The first-order chi connectivity index (χ1) is 60.9. The van der Waals surface area contributed by atoms with Crippen molar-refractivity contribution in [3.05, 3.63) is 250 Å². The number of nitrogens with zero attached hydrogens (tertiary/aromatic N) is 14. The van der Waals surface area contributed by atoms with Crippen molar-refractivity contribution in [2.45, 2.75) is 90.1 Å². The smallest absolute Gasteiger partial charge is 0.263 e. The van der Waals surface area contributed by atoms with Gasteiger partial charge in [-0.1, -0.05) is 36.2 Å². The summed E-state index contributed by atoms with van der Waals surface area (Å²) in [5, 5.41) is 27.6. The molecular weight excluding hydrogens is 1800 g/mol. The van der Waals surface area contributed by atoms with Gasteiger partial charge in [-0.25, -0.2) is 58.0 Å². The summed E-state index contributed by atoms with van der Waals surface area (Å²) < 4.78 is 125. The average Bonchev–Trinajstić information content (AvgIpc) is 1.79. The number of fused-ring (bicyclic) bond motifs is 2. The number of aliphatic hydroxyl groups is 1. The Bertz CT molecular complexity index is 6380. The SMILES string of the molecule is CC(C(=O)N1CCN(c2ccc(S(=O)(=O)Nc3ccncn3)cc2)CC1)n1ccc2ccc(Cl)cc21.CCC(C)(O)CC(=O)N1CCN(c2ccc(S(=O)(=O)Nc3nccs3)cc2)CC1.N#Cc1ccsc1NS(=O)(=O)c1ccc(N2CC[C@H](N3CCCc4cc(Cl)ccc43)C2=O)cc1.O=S(=O)(Nc1nccs1)c1ccc(N2CCN(c3ccc(F)cc3)CC2)cc1.[HH].[HH].[HH].[HH].[HH]. The molecule has 4 saturated heterocycles. The Morgan fingerprint density at radius 1 is 0.567 bits per heavy atom. The molecule has 0 spiro atoms. The van der Waals surface area contributed by atoms with E-state index in [1.807, 2.05) is 90.2 Å². The van der Waals surface area contributed by atoms with Crippen molar-refractivity contribution in [1.29, 1.82) is 5.26 Å². The summed E-state index contributed by atoms with van der Waals surface area (Å²) in [6.07, 6.45) is 11.0. The minimum Gasteiger partial charge on any atom is -0.390 e. The van der Waals surface area contributed by atoms with Crippen molar-refractivity contribution in [3.8, 4) is 6.07 Å². The highest BCUT2D eigenvalue weighted by molar-refractivity contribution is 7.93. The third-order valence-corrected chi connectivity index (χ3v) is 30.8. The first kappa shape index (κ1) is 91.7. The van der Waals surface area contributed by atoms with Gasteiger partial charge in [0.25, 0.3) is 40.1 Å². The molecule has 0 aliphatic carbocycles. The summed E-state index contributed by atoms with van der Waals surface area (Å²) in [5.74, 6) is 0.00576. The number of rotatable bonds is 23. The van der Waals surface area contributed by atoms with Gasteiger partial charge in [-0.2, -0.15) is 5.26 Å². The van der Waals surface area contributed by atoms with Crippen LogP contribution in [-0.4, -0.2) is 194 Å². The molecule has 674 valence electrons. The maximum absolute atomic E-state index is 13.3. The number of thiophene rings is 1. The number of amides is 3. The Hall–Kier alpha value is -11.5. The minimum atomic E-state index is -3.85. The van der Waals surface area contributed by atoms with E-state index in [4.69, 9.17) is 28.5 Å². The van der Waals surface area contributed by atoms with E-state index >= 15 is 0 Å². The van der Waals surface area contributed by atoms with Crippen LogP contribution in [0.5, 0.6) is 0 Å². The predicted molar refractivity (Wildman–Crippen MR) is 508 cm³/mol. The van der Waals surface area contributed by atoms with E-state index < -0.39 is 45.7 Å². The summed E-state index contributed by atoms with van der Waals surface area (Å²) in [4.78, 5) is 71.4. The van der Waals surface area contributed by atoms with Crippen LogP contribution < -0.4 is 48.3 Å². The molecule has 5 aromatic heterocycles. The Morgan fingerprint density at radius 2 is 1.05 bits per heavy atom. The summed E-state index contributed by atoms with van der Waals surface area (Å²) in [7, 11) is -14.9. The van der Waals surface area contributed by atoms with Crippen LogP contribution in [0.15, 0.2) is 243 Å². The summed E-state index contributed by atoms with van der Waals surface area (Å²) in [5.41, 5.74) is 6.93. The number of benzene rings is 7. The van der Waals surface area contributed by atoms with E-state index in [1.54, 1.807) is 136 Å². The van der Waals surface area contributed by atoms with Gasteiger partial charge in [0.1, 0.15) is 41.1 Å². The van der Waals surface area contributed by atoms with E-state index in [9.17, 15) is 57.6 Å². The van der Waals surface area contributed by atoms with Gasteiger partial charge in [-0.15, -0.1) is 34.0 Å². The van der Waals surface area contributed by atoms with E-state index in [2.05, 4.69) is 63.3 Å². The highest BCUT2D eigenvalue weighted by atomic mass is 35.5. The number of aryl methyl sites for hydroxylation is 1. The van der Waals surface area contributed by atoms with Crippen LogP contribution in [0.4, 0.5) is 59.6 Å². The highest BCUT2D eigenvalue weighted by Crippen LogP contribution is 2.37. The van der Waals surface area contributed by atoms with Crippen molar-refractivity contribution in [2.75, 3.05) is 140 Å². The van der Waals surface area contributed by atoms with Crippen LogP contribution in [0.3, 0.4) is 0 Å². The molecule has 17 rings (SSSR count). The van der Waals surface area contributed by atoms with Gasteiger partial charge in [0.15, 0.2) is 10.3 Å². The second kappa shape index (κ2) is 40.2. The fourth-order valence-electron chi connectivity index (χ4n) is 15.2. The lowest BCUT2D eigenvalue weighted by atomic mass is 9.98. The number of nitriles is 1. The quantitative estimate of drug-likeness (QED) is 0.0397. The maximum Gasteiger partial charge on any atom is 0.263 e. The number of hydrogen-bond donors (Lipinski definition) is 5. The summed E-state index contributed by atoms with van der Waals surface area (Å²) in [6, 6.07) is 51.0. The Labute approximate surface area is 766 Å². The molecule has 4 fully saturated rings. The average molecular weight is 1910 g/mol. The maximum atomic E-state index is 13.3. The van der Waals surface area contributed by atoms with Crippen LogP contribution in [-0.2, 0) is 60.9 Å². The van der Waals surface area contributed by atoms with Gasteiger partial charge >= 0.3 is 0 Å². The Kier molecular flexibility index (Phi) is 29.0. The molecule has 3 amide bonds. The third kappa shape index (κ3) is 22.7. The van der Waals surface area contributed by atoms with Crippen molar-refractivity contribution < 1.29 is 64.7 Å². The molecule has 30 nitrogen and oxygen atoms in total. The second-order valence-electron chi connectivity index (χ2n) is 30.6. The summed E-state index contributed by atoms with van der Waals surface area (Å²) in [6.45, 7) is 15.0. The normalized spacial score (nSPS) is 16.3. The molecule has 0 radical (unpaired) electrons. The zero-order valence-corrected chi connectivity index (χ0v) is 76.4. The number of piperazine rings is 3. The number of hydrogen-bond acceptors (Lipinski definition) is 25. The lowest BCUT2D eigenvalue weighted by molar-refractivity contribution is -0.136. The zero-order valence-electron chi connectivity index (χ0n) is 69.1. The molecule has 3 atom stereocenters. The molecule has 40 heteroatoms. The largest absolute Gasteiger partial charge is 0.390 e. The van der Waals surface area contributed by atoms with Crippen LogP contribution in [0.25, 0.3) is 10.9 Å². The minimum absolute atomic E-state index is 0. The van der Waals surface area contributed by atoms with Crippen LogP contribution in [0.1, 0.15) is 70.8 Å². The fourth-order valence-corrected chi connectivity index (χ4v) is 22.2. The molecule has 5 aliphatic rings. The lowest BCUT2D eigenvalue weighted by Crippen LogP contribution is -2.50. The van der Waals surface area contributed by atoms with Gasteiger partial charge in [0.2, 0.25) is 17.7 Å². The van der Waals surface area contributed by atoms with E-state index in [1.165, 1.54) is 65.5 Å². The molecule has 10 heterocycles. The number of thiazole rings is 2. The standard InChI is InChI=1S/C25H25ClN6O3S.C24H21ClN4O3S2.C19H19FN4O2S2.C19H26N4O4S2.5H2/c1-18(32-11-9-19-2-3-20(26)16-23(19)32)25(33)31-14-12-30(13-15-31)21-4-6-22(7-5-21)36(34,35)29-24-8-10-27-17-28-24;25-18-3-8-21-16(14-18)2-1-11-29(21)22-9-12-28(24(22)30)19-4-6-20(7-5-19)34(31,32)27-23-17(15-26)10-13-33-23;20-15-1-3-16(4-2-15)23-10-12-24(13-11-23)17-5-7-18(8-6-17)28(25,26)22-19-21-9-14-27-19;1-3-19(2,25)14-17(24)23-11-9-22(10-12-23)15-4-6-16(7-5-15)29(26,27)21-18-20-8-13-28-18;;;;;/h2-11,16-18H,12-15H2,1H3,(H,27,28,29);3-8,10,13-14,22,27H,1-2,9,11-12H2;1-9,14H,10-13H2,(H,21,22);4-8,13,25H,3,9-12,14H2,1-2H3,(H,20,21);5*1H/t;22-;;;;;;;/m.0......./s1. The second-order valence-corrected chi connectivity index (χ2v) is 40.9. The number of anilines is 10. The fraction of sp³-hybridized carbons (Fsp3) is 0.287. The number of halogens is 3.